The van der Waals surface area contributed by atoms with Gasteiger partial charge in [0.05, 0.1) is 9.95 Å². The SMILES string of the molecule is O=[N+]([O-])c1cccc(Cl)c1-c1n[nH]c(=S)o1. The molecule has 2 aromatic rings. The van der Waals surface area contributed by atoms with Crippen LogP contribution >= 0.6 is 23.8 Å². The maximum atomic E-state index is 10.8. The summed E-state index contributed by atoms with van der Waals surface area (Å²) in [5.41, 5.74) is -0.0701. The van der Waals surface area contributed by atoms with Crippen molar-refractivity contribution in [1.29, 1.82) is 0 Å². The number of aromatic nitrogens is 2. The molecule has 0 aliphatic carbocycles. The molecule has 8 heteroatoms. The van der Waals surface area contributed by atoms with E-state index in [9.17, 15) is 10.1 Å². The smallest absolute Gasteiger partial charge is 0.284 e. The van der Waals surface area contributed by atoms with Crippen LogP contribution in [0, 0.1) is 15.0 Å². The molecular weight excluding hydrogens is 254 g/mol. The molecule has 0 saturated carbocycles. The summed E-state index contributed by atoms with van der Waals surface area (Å²) in [6.45, 7) is 0. The molecule has 2 rings (SSSR count). The summed E-state index contributed by atoms with van der Waals surface area (Å²) in [6, 6.07) is 4.30. The Hall–Kier alpha value is -1.73. The van der Waals surface area contributed by atoms with Crippen LogP contribution in [0.5, 0.6) is 0 Å². The summed E-state index contributed by atoms with van der Waals surface area (Å²) in [5, 5.41) is 17.1. The predicted molar refractivity (Wildman–Crippen MR) is 58.8 cm³/mol. The molecule has 82 valence electrons. The number of rotatable bonds is 2. The van der Waals surface area contributed by atoms with Crippen LogP contribution in [-0.2, 0) is 0 Å². The lowest BCUT2D eigenvalue weighted by Crippen LogP contribution is -1.92. The number of aromatic amines is 1. The molecule has 0 aliphatic heterocycles. The maximum absolute atomic E-state index is 10.8. The molecule has 6 nitrogen and oxygen atoms in total. The minimum absolute atomic E-state index is 0.00213. The maximum Gasteiger partial charge on any atom is 0.284 e. The molecule has 0 spiro atoms. The summed E-state index contributed by atoms with van der Waals surface area (Å²) in [4.78, 5) is 10.3. The second-order valence-corrected chi connectivity index (χ2v) is 3.59. The van der Waals surface area contributed by atoms with Crippen molar-refractivity contribution in [2.24, 2.45) is 0 Å². The van der Waals surface area contributed by atoms with E-state index in [1.165, 1.54) is 18.2 Å². The Morgan fingerprint density at radius 2 is 2.31 bits per heavy atom. The highest BCUT2D eigenvalue weighted by Crippen LogP contribution is 2.34. The van der Waals surface area contributed by atoms with Gasteiger partial charge in [0.1, 0.15) is 5.56 Å². The average Bonchev–Trinajstić information content (AvgIpc) is 2.64. The normalized spacial score (nSPS) is 10.3. The monoisotopic (exact) mass is 257 g/mol. The number of nitro benzene ring substituents is 1. The van der Waals surface area contributed by atoms with Gasteiger partial charge in [0, 0.05) is 6.07 Å². The summed E-state index contributed by atoms with van der Waals surface area (Å²) < 4.78 is 5.00. The largest absolute Gasteiger partial charge is 0.409 e. The van der Waals surface area contributed by atoms with Gasteiger partial charge in [0.2, 0.25) is 0 Å². The Kier molecular flexibility index (Phi) is 2.71. The van der Waals surface area contributed by atoms with E-state index in [1.807, 2.05) is 0 Å². The van der Waals surface area contributed by atoms with Crippen LogP contribution in [0.3, 0.4) is 0 Å². The first-order valence-corrected chi connectivity index (χ1v) is 4.87. The molecule has 16 heavy (non-hydrogen) atoms. The number of nitrogens with one attached hydrogen (secondary N) is 1. The van der Waals surface area contributed by atoms with Gasteiger partial charge in [-0.1, -0.05) is 17.7 Å². The fourth-order valence-electron chi connectivity index (χ4n) is 1.21. The van der Waals surface area contributed by atoms with Crippen LogP contribution in [-0.4, -0.2) is 15.1 Å². The third kappa shape index (κ3) is 1.82. The molecule has 0 amide bonds. The molecule has 1 aromatic carbocycles. The van der Waals surface area contributed by atoms with Crippen molar-refractivity contribution in [3.8, 4) is 11.5 Å². The number of nitrogens with zero attached hydrogens (tertiary/aromatic N) is 2. The van der Waals surface area contributed by atoms with Crippen LogP contribution < -0.4 is 0 Å². The molecule has 1 aromatic heterocycles. The molecule has 0 bridgehead atoms. The van der Waals surface area contributed by atoms with E-state index in [0.29, 0.717) is 0 Å². The Labute approximate surface area is 99.0 Å². The second kappa shape index (κ2) is 4.03. The number of H-pyrrole nitrogens is 1. The van der Waals surface area contributed by atoms with E-state index in [0.717, 1.165) is 0 Å². The second-order valence-electron chi connectivity index (χ2n) is 2.81. The Morgan fingerprint density at radius 1 is 1.56 bits per heavy atom. The average molecular weight is 258 g/mol. The Bertz CT molecular complexity index is 607. The fourth-order valence-corrected chi connectivity index (χ4v) is 1.59. The number of benzene rings is 1. The van der Waals surface area contributed by atoms with Crippen molar-refractivity contribution in [2.45, 2.75) is 0 Å². The first-order valence-electron chi connectivity index (χ1n) is 4.08. The highest BCUT2D eigenvalue weighted by Gasteiger charge is 2.22. The van der Waals surface area contributed by atoms with Gasteiger partial charge in [0.25, 0.3) is 16.4 Å². The predicted octanol–water partition coefficient (Wildman–Crippen LogP) is 2.96. The van der Waals surface area contributed by atoms with Gasteiger partial charge in [-0.3, -0.25) is 10.1 Å². The summed E-state index contributed by atoms with van der Waals surface area (Å²) in [6.07, 6.45) is 0. The van der Waals surface area contributed by atoms with Crippen molar-refractivity contribution >= 4 is 29.5 Å². The molecule has 1 N–H and O–H groups in total. The number of nitro groups is 1. The standard InChI is InChI=1S/C8H4ClN3O3S/c9-4-2-1-3-5(12(13)14)6(4)7-10-11-8(16)15-7/h1-3H,(H,11,16). The van der Waals surface area contributed by atoms with Crippen LogP contribution in [0.25, 0.3) is 11.5 Å². The van der Waals surface area contributed by atoms with Crippen LogP contribution in [0.1, 0.15) is 0 Å². The van der Waals surface area contributed by atoms with Crippen molar-refractivity contribution < 1.29 is 9.34 Å². The molecular formula is C8H4ClN3O3S. The molecule has 1 heterocycles. The molecule has 0 unspecified atom stereocenters. The third-order valence-electron chi connectivity index (χ3n) is 1.84. The zero-order chi connectivity index (χ0) is 11.7. The lowest BCUT2D eigenvalue weighted by molar-refractivity contribution is -0.384. The first kappa shape index (κ1) is 10.8. The van der Waals surface area contributed by atoms with Crippen molar-refractivity contribution in [2.75, 3.05) is 0 Å². The van der Waals surface area contributed by atoms with Gasteiger partial charge in [-0.2, -0.15) is 0 Å². The first-order chi connectivity index (χ1) is 7.59. The van der Waals surface area contributed by atoms with Gasteiger partial charge in [0.15, 0.2) is 0 Å². The molecule has 0 aliphatic rings. The lowest BCUT2D eigenvalue weighted by atomic mass is 10.2. The van der Waals surface area contributed by atoms with Crippen molar-refractivity contribution in [1.82, 2.24) is 10.2 Å². The van der Waals surface area contributed by atoms with Gasteiger partial charge in [-0.15, -0.1) is 5.10 Å². The number of hydrogen-bond acceptors (Lipinski definition) is 5. The third-order valence-corrected chi connectivity index (χ3v) is 2.33. The van der Waals surface area contributed by atoms with E-state index in [4.69, 9.17) is 16.0 Å². The number of hydrogen-bond donors (Lipinski definition) is 1. The van der Waals surface area contributed by atoms with Crippen LogP contribution in [0.15, 0.2) is 22.6 Å². The summed E-state index contributed by atoms with van der Waals surface area (Å²) >= 11 is 10.6. The Balaban J connectivity index is 2.72. The summed E-state index contributed by atoms with van der Waals surface area (Å²) in [5.74, 6) is 0.00213. The van der Waals surface area contributed by atoms with Gasteiger partial charge >= 0.3 is 0 Å². The minimum atomic E-state index is -0.561. The van der Waals surface area contributed by atoms with Gasteiger partial charge in [-0.25, -0.2) is 5.10 Å². The van der Waals surface area contributed by atoms with E-state index in [1.54, 1.807) is 0 Å². The minimum Gasteiger partial charge on any atom is -0.409 e. The molecule has 0 atom stereocenters. The van der Waals surface area contributed by atoms with Gasteiger partial charge < -0.3 is 4.42 Å². The van der Waals surface area contributed by atoms with Gasteiger partial charge in [-0.05, 0) is 18.3 Å². The quantitative estimate of drug-likeness (QED) is 0.508. The summed E-state index contributed by atoms with van der Waals surface area (Å²) in [7, 11) is 0. The van der Waals surface area contributed by atoms with Crippen molar-refractivity contribution in [3.05, 3.63) is 38.2 Å². The lowest BCUT2D eigenvalue weighted by Gasteiger charge is -1.99. The molecule has 0 fully saturated rings. The molecule has 0 radical (unpaired) electrons. The van der Waals surface area contributed by atoms with E-state index < -0.39 is 4.92 Å². The number of halogens is 1. The highest BCUT2D eigenvalue weighted by atomic mass is 35.5. The van der Waals surface area contributed by atoms with E-state index in [-0.39, 0.29) is 27.0 Å². The van der Waals surface area contributed by atoms with Crippen molar-refractivity contribution in [3.63, 3.8) is 0 Å². The van der Waals surface area contributed by atoms with E-state index >= 15 is 0 Å². The topological polar surface area (TPSA) is 85.0 Å². The van der Waals surface area contributed by atoms with E-state index in [2.05, 4.69) is 22.4 Å². The van der Waals surface area contributed by atoms with Crippen LogP contribution in [0.2, 0.25) is 5.02 Å². The zero-order valence-corrected chi connectivity index (χ0v) is 9.21. The fraction of sp³-hybridized carbons (Fsp3) is 0. The van der Waals surface area contributed by atoms with Crippen LogP contribution in [0.4, 0.5) is 5.69 Å². The Morgan fingerprint density at radius 3 is 2.88 bits per heavy atom. The highest BCUT2D eigenvalue weighted by molar-refractivity contribution is 7.71. The molecule has 0 saturated heterocycles. The zero-order valence-electron chi connectivity index (χ0n) is 7.64.